The van der Waals surface area contributed by atoms with Crippen LogP contribution in [-0.4, -0.2) is 77.3 Å². The summed E-state index contributed by atoms with van der Waals surface area (Å²) >= 11 is 0. The summed E-state index contributed by atoms with van der Waals surface area (Å²) in [6.45, 7) is 5.11. The van der Waals surface area contributed by atoms with E-state index in [-0.39, 0.29) is 36.1 Å². The molecule has 1 aromatic heterocycles. The maximum absolute atomic E-state index is 12.4. The number of amides is 1. The number of aromatic nitrogens is 3. The molecule has 2 fully saturated rings. The Labute approximate surface area is 143 Å². The minimum absolute atomic E-state index is 0. The van der Waals surface area contributed by atoms with Gasteiger partial charge in [0.25, 0.3) is 0 Å². The zero-order valence-electron chi connectivity index (χ0n) is 12.9. The lowest BCUT2D eigenvalue weighted by Crippen LogP contribution is -2.42. The van der Waals surface area contributed by atoms with Crippen molar-refractivity contribution in [1.29, 1.82) is 0 Å². The Morgan fingerprint density at radius 3 is 2.68 bits per heavy atom. The fourth-order valence-corrected chi connectivity index (χ4v) is 3.62. The maximum atomic E-state index is 12.4. The van der Waals surface area contributed by atoms with E-state index in [1.54, 1.807) is 17.2 Å². The van der Waals surface area contributed by atoms with Crippen molar-refractivity contribution in [3.05, 3.63) is 12.7 Å². The topological polar surface area (TPSA) is 66.3 Å². The summed E-state index contributed by atoms with van der Waals surface area (Å²) < 4.78 is 1.73. The number of carbonyl (C=O) groups excluding carboxylic acids is 1. The highest BCUT2D eigenvalue weighted by atomic mass is 35.5. The van der Waals surface area contributed by atoms with Crippen LogP contribution in [0.1, 0.15) is 0 Å². The first-order valence-electron chi connectivity index (χ1n) is 7.05. The van der Waals surface area contributed by atoms with E-state index in [9.17, 15) is 4.79 Å². The van der Waals surface area contributed by atoms with Crippen molar-refractivity contribution in [1.82, 2.24) is 29.9 Å². The van der Waals surface area contributed by atoms with E-state index in [0.717, 1.165) is 32.7 Å². The Hall–Kier alpha value is -0.890. The fraction of sp³-hybridized carbons (Fsp3) is 0.769. The summed E-state index contributed by atoms with van der Waals surface area (Å²) in [5.74, 6) is 0.729. The van der Waals surface area contributed by atoms with Gasteiger partial charge in [-0.25, -0.2) is 0 Å². The molecule has 2 atom stereocenters. The second-order valence-corrected chi connectivity index (χ2v) is 6.34. The smallest absolute Gasteiger partial charge is 0.242 e. The second kappa shape index (κ2) is 7.59. The lowest BCUT2D eigenvalue weighted by molar-refractivity contribution is -0.131. The van der Waals surface area contributed by atoms with E-state index in [2.05, 4.69) is 34.5 Å². The van der Waals surface area contributed by atoms with Crippen LogP contribution in [0.3, 0.4) is 0 Å². The summed E-state index contributed by atoms with van der Waals surface area (Å²) in [7, 11) is 4.21. The molecule has 0 radical (unpaired) electrons. The Kier molecular flexibility index (Phi) is 6.61. The Bertz CT molecular complexity index is 483. The van der Waals surface area contributed by atoms with Crippen molar-refractivity contribution in [2.24, 2.45) is 11.3 Å². The molecule has 2 saturated heterocycles. The third-order valence-electron chi connectivity index (χ3n) is 4.45. The third-order valence-corrected chi connectivity index (χ3v) is 4.45. The van der Waals surface area contributed by atoms with Crippen LogP contribution < -0.4 is 5.32 Å². The molecule has 9 heteroatoms. The van der Waals surface area contributed by atoms with Gasteiger partial charge in [0.05, 0.1) is 0 Å². The fourth-order valence-electron chi connectivity index (χ4n) is 3.62. The second-order valence-electron chi connectivity index (χ2n) is 6.34. The molecule has 126 valence electrons. The molecule has 0 spiro atoms. The van der Waals surface area contributed by atoms with Gasteiger partial charge in [-0.15, -0.1) is 35.0 Å². The van der Waals surface area contributed by atoms with E-state index in [4.69, 9.17) is 0 Å². The van der Waals surface area contributed by atoms with E-state index >= 15 is 0 Å². The first kappa shape index (κ1) is 19.2. The Morgan fingerprint density at radius 1 is 1.36 bits per heavy atom. The van der Waals surface area contributed by atoms with Crippen LogP contribution in [0, 0.1) is 11.3 Å². The van der Waals surface area contributed by atoms with Crippen molar-refractivity contribution in [2.45, 2.75) is 6.54 Å². The van der Waals surface area contributed by atoms with Gasteiger partial charge in [-0.2, -0.15) is 0 Å². The average Bonchev–Trinajstić information content (AvgIpc) is 3.02. The minimum atomic E-state index is 0. The summed E-state index contributed by atoms with van der Waals surface area (Å²) in [6, 6.07) is 0. The first-order valence-corrected chi connectivity index (χ1v) is 7.05. The van der Waals surface area contributed by atoms with Gasteiger partial charge in [-0.1, -0.05) is 0 Å². The summed E-state index contributed by atoms with van der Waals surface area (Å²) in [5, 5.41) is 11.0. The van der Waals surface area contributed by atoms with Crippen molar-refractivity contribution in [3.8, 4) is 0 Å². The highest BCUT2D eigenvalue weighted by Crippen LogP contribution is 2.39. The number of carbonyl (C=O) groups is 1. The van der Waals surface area contributed by atoms with E-state index < -0.39 is 0 Å². The normalized spacial score (nSPS) is 26.5. The van der Waals surface area contributed by atoms with Gasteiger partial charge < -0.3 is 19.7 Å². The average molecular weight is 351 g/mol. The van der Waals surface area contributed by atoms with Crippen LogP contribution in [0.4, 0.5) is 0 Å². The van der Waals surface area contributed by atoms with Gasteiger partial charge in [0.15, 0.2) is 0 Å². The van der Waals surface area contributed by atoms with Crippen molar-refractivity contribution in [2.75, 3.05) is 46.8 Å². The van der Waals surface area contributed by atoms with E-state index in [0.29, 0.717) is 12.5 Å². The van der Waals surface area contributed by atoms with Gasteiger partial charge in [0.1, 0.15) is 19.2 Å². The molecule has 3 heterocycles. The number of hydrogen-bond donors (Lipinski definition) is 1. The molecule has 0 bridgehead atoms. The summed E-state index contributed by atoms with van der Waals surface area (Å²) in [6.07, 6.45) is 3.18. The zero-order valence-corrected chi connectivity index (χ0v) is 14.6. The number of hydrogen-bond acceptors (Lipinski definition) is 5. The van der Waals surface area contributed by atoms with Gasteiger partial charge in [0, 0.05) is 38.1 Å². The van der Waals surface area contributed by atoms with Crippen molar-refractivity contribution in [3.63, 3.8) is 0 Å². The highest BCUT2D eigenvalue weighted by Gasteiger charge is 2.50. The van der Waals surface area contributed by atoms with E-state index in [1.807, 2.05) is 4.90 Å². The number of likely N-dealkylation sites (tertiary alicyclic amines) is 1. The molecular weight excluding hydrogens is 327 g/mol. The lowest BCUT2D eigenvalue weighted by Gasteiger charge is -2.31. The van der Waals surface area contributed by atoms with Gasteiger partial charge in [0.2, 0.25) is 5.91 Å². The third kappa shape index (κ3) is 3.71. The quantitative estimate of drug-likeness (QED) is 0.809. The molecule has 1 aromatic rings. The molecular formula is C13H24Cl2N6O. The first-order chi connectivity index (χ1) is 9.59. The number of rotatable bonds is 4. The molecule has 22 heavy (non-hydrogen) atoms. The Morgan fingerprint density at radius 2 is 2.05 bits per heavy atom. The Balaban J connectivity index is 0.00000121. The molecule has 2 aliphatic rings. The largest absolute Gasteiger partial charge is 0.340 e. The van der Waals surface area contributed by atoms with E-state index in [1.165, 1.54) is 0 Å². The predicted molar refractivity (Wildman–Crippen MR) is 88.4 cm³/mol. The molecule has 2 aliphatic heterocycles. The SMILES string of the molecule is CN(C)CC12CNCC1CN(C(=O)Cn1cnnc1)C2.Cl.Cl. The molecule has 0 aliphatic carbocycles. The van der Waals surface area contributed by atoms with Crippen molar-refractivity contribution >= 4 is 30.7 Å². The van der Waals surface area contributed by atoms with Crippen LogP contribution in [0.25, 0.3) is 0 Å². The van der Waals surface area contributed by atoms with Gasteiger partial charge in [-0.05, 0) is 20.0 Å². The number of nitrogens with zero attached hydrogens (tertiary/aromatic N) is 5. The highest BCUT2D eigenvalue weighted by molar-refractivity contribution is 5.85. The van der Waals surface area contributed by atoms with Crippen LogP contribution in [0.5, 0.6) is 0 Å². The monoisotopic (exact) mass is 350 g/mol. The number of fused-ring (bicyclic) bond motifs is 1. The molecule has 7 nitrogen and oxygen atoms in total. The van der Waals surface area contributed by atoms with Gasteiger partial charge in [-0.3, -0.25) is 4.79 Å². The van der Waals surface area contributed by atoms with Crippen LogP contribution in [-0.2, 0) is 11.3 Å². The maximum Gasteiger partial charge on any atom is 0.242 e. The minimum Gasteiger partial charge on any atom is -0.340 e. The van der Waals surface area contributed by atoms with Crippen LogP contribution >= 0.6 is 24.8 Å². The lowest BCUT2D eigenvalue weighted by atomic mass is 9.80. The zero-order chi connectivity index (χ0) is 14.2. The van der Waals surface area contributed by atoms with Crippen LogP contribution in [0.2, 0.25) is 0 Å². The van der Waals surface area contributed by atoms with Crippen LogP contribution in [0.15, 0.2) is 12.7 Å². The molecule has 3 rings (SSSR count). The molecule has 1 amide bonds. The molecule has 0 aromatic carbocycles. The molecule has 1 N–H and O–H groups in total. The molecule has 2 unspecified atom stereocenters. The molecule has 0 saturated carbocycles. The summed E-state index contributed by atoms with van der Waals surface area (Å²) in [5.41, 5.74) is 0.215. The summed E-state index contributed by atoms with van der Waals surface area (Å²) in [4.78, 5) is 16.6. The number of halogens is 2. The standard InChI is InChI=1S/C13H22N6O.2ClH/c1-17(2)7-13-6-14-3-11(13)4-19(8-13)12(20)5-18-9-15-16-10-18;;/h9-11,14H,3-8H2,1-2H3;2*1H. The van der Waals surface area contributed by atoms with Gasteiger partial charge >= 0.3 is 0 Å². The number of nitrogens with one attached hydrogen (secondary N) is 1. The van der Waals surface area contributed by atoms with Crippen molar-refractivity contribution < 1.29 is 4.79 Å². The predicted octanol–water partition coefficient (Wildman–Crippen LogP) is -0.269.